The van der Waals surface area contributed by atoms with Crippen molar-refractivity contribution >= 4 is 17.7 Å². The van der Waals surface area contributed by atoms with E-state index in [1.807, 2.05) is 24.5 Å². The van der Waals surface area contributed by atoms with Crippen LogP contribution in [0.25, 0.3) is 0 Å². The van der Waals surface area contributed by atoms with Crippen LogP contribution in [0.4, 0.5) is 0 Å². The highest BCUT2D eigenvalue weighted by molar-refractivity contribution is 8.00. The van der Waals surface area contributed by atoms with Gasteiger partial charge in [-0.05, 0) is 38.1 Å². The molecule has 0 radical (unpaired) electrons. The molecule has 0 atom stereocenters. The lowest BCUT2D eigenvalue weighted by molar-refractivity contribution is -0.118. The number of thioether (sulfide) groups is 1. The summed E-state index contributed by atoms with van der Waals surface area (Å²) in [5.74, 6) is 0.752. The van der Waals surface area contributed by atoms with E-state index in [-0.39, 0.29) is 5.91 Å². The molecule has 0 saturated carbocycles. The van der Waals surface area contributed by atoms with Gasteiger partial charge in [0.1, 0.15) is 0 Å². The van der Waals surface area contributed by atoms with Gasteiger partial charge in [0.15, 0.2) is 0 Å². The van der Waals surface area contributed by atoms with Gasteiger partial charge in [-0.1, -0.05) is 0 Å². The van der Waals surface area contributed by atoms with Crippen LogP contribution in [0.5, 0.6) is 0 Å². The van der Waals surface area contributed by atoms with Crippen molar-refractivity contribution in [2.24, 2.45) is 0 Å². The molecule has 1 saturated heterocycles. The average molecular weight is 267 g/mol. The molecule has 100 valence electrons. The van der Waals surface area contributed by atoms with Crippen molar-refractivity contribution in [2.75, 3.05) is 25.4 Å². The summed E-state index contributed by atoms with van der Waals surface area (Å²) in [6.45, 7) is 3.73. The fourth-order valence-electron chi connectivity index (χ4n) is 2.05. The van der Waals surface area contributed by atoms with Gasteiger partial charge in [0.05, 0.1) is 5.75 Å². The Bertz CT molecular complexity index is 347. The molecule has 1 fully saturated rings. The summed E-state index contributed by atoms with van der Waals surface area (Å²) < 4.78 is 2.07. The number of nitrogens with one attached hydrogen (secondary N) is 2. The van der Waals surface area contributed by atoms with Crippen LogP contribution in [0.1, 0.15) is 12.8 Å². The third kappa shape index (κ3) is 4.74. The van der Waals surface area contributed by atoms with Gasteiger partial charge in [-0.25, -0.2) is 0 Å². The molecule has 1 aliphatic heterocycles. The number of aromatic nitrogens is 1. The van der Waals surface area contributed by atoms with Crippen LogP contribution in [-0.2, 0) is 11.3 Å². The molecular formula is C13H21N3OS. The van der Waals surface area contributed by atoms with E-state index in [1.54, 1.807) is 11.8 Å². The Morgan fingerprint density at radius 2 is 2.06 bits per heavy atom. The zero-order valence-corrected chi connectivity index (χ0v) is 11.4. The molecule has 2 rings (SSSR count). The van der Waals surface area contributed by atoms with Crippen LogP contribution >= 0.6 is 11.8 Å². The lowest BCUT2D eigenvalue weighted by Crippen LogP contribution is -2.32. The second kappa shape index (κ2) is 7.48. The zero-order chi connectivity index (χ0) is 12.6. The largest absolute Gasteiger partial charge is 0.354 e. The summed E-state index contributed by atoms with van der Waals surface area (Å²) >= 11 is 1.79. The van der Waals surface area contributed by atoms with E-state index < -0.39 is 0 Å². The minimum atomic E-state index is 0.158. The second-order valence-electron chi connectivity index (χ2n) is 4.53. The molecule has 1 amide bonds. The SMILES string of the molecule is O=C(CSC1CCNCC1)NCCn1cccc1. The van der Waals surface area contributed by atoms with Gasteiger partial charge in [-0.15, -0.1) is 11.8 Å². The predicted molar refractivity (Wildman–Crippen MR) is 75.8 cm³/mol. The molecule has 1 aliphatic rings. The smallest absolute Gasteiger partial charge is 0.230 e. The normalized spacial score (nSPS) is 16.7. The summed E-state index contributed by atoms with van der Waals surface area (Å²) in [5.41, 5.74) is 0. The van der Waals surface area contributed by atoms with Gasteiger partial charge in [0.2, 0.25) is 5.91 Å². The Kier molecular flexibility index (Phi) is 5.61. The molecule has 18 heavy (non-hydrogen) atoms. The number of nitrogens with zero attached hydrogens (tertiary/aromatic N) is 1. The molecule has 0 spiro atoms. The number of carbonyl (C=O) groups excluding carboxylic acids is 1. The van der Waals surface area contributed by atoms with E-state index in [1.165, 1.54) is 12.8 Å². The van der Waals surface area contributed by atoms with Gasteiger partial charge in [0, 0.05) is 30.7 Å². The van der Waals surface area contributed by atoms with Crippen molar-refractivity contribution in [3.8, 4) is 0 Å². The Hall–Kier alpha value is -0.940. The molecule has 2 N–H and O–H groups in total. The van der Waals surface area contributed by atoms with Gasteiger partial charge in [-0.2, -0.15) is 0 Å². The minimum absolute atomic E-state index is 0.158. The molecule has 1 aromatic heterocycles. The van der Waals surface area contributed by atoms with Gasteiger partial charge in [-0.3, -0.25) is 4.79 Å². The second-order valence-corrected chi connectivity index (χ2v) is 5.82. The van der Waals surface area contributed by atoms with E-state index in [0.717, 1.165) is 19.6 Å². The fourth-order valence-corrected chi connectivity index (χ4v) is 3.11. The summed E-state index contributed by atoms with van der Waals surface area (Å²) in [6.07, 6.45) is 6.38. The average Bonchev–Trinajstić information content (AvgIpc) is 2.91. The Morgan fingerprint density at radius 3 is 2.78 bits per heavy atom. The highest BCUT2D eigenvalue weighted by Gasteiger charge is 2.14. The maximum absolute atomic E-state index is 11.7. The molecule has 1 aromatic rings. The minimum Gasteiger partial charge on any atom is -0.354 e. The first-order valence-corrected chi connectivity index (χ1v) is 7.59. The monoisotopic (exact) mass is 267 g/mol. The first-order valence-electron chi connectivity index (χ1n) is 6.54. The number of hydrogen-bond acceptors (Lipinski definition) is 3. The van der Waals surface area contributed by atoms with Crippen molar-refractivity contribution < 1.29 is 4.79 Å². The van der Waals surface area contributed by atoms with Crippen molar-refractivity contribution in [2.45, 2.75) is 24.6 Å². The third-order valence-corrected chi connectivity index (χ3v) is 4.47. The number of amides is 1. The molecule has 2 heterocycles. The maximum Gasteiger partial charge on any atom is 0.230 e. The van der Waals surface area contributed by atoms with Crippen molar-refractivity contribution in [3.05, 3.63) is 24.5 Å². The highest BCUT2D eigenvalue weighted by atomic mass is 32.2. The number of rotatable bonds is 6. The molecule has 0 aliphatic carbocycles. The lowest BCUT2D eigenvalue weighted by atomic mass is 10.2. The third-order valence-electron chi connectivity index (χ3n) is 3.09. The number of hydrogen-bond donors (Lipinski definition) is 2. The van der Waals surface area contributed by atoms with Gasteiger partial charge in [0.25, 0.3) is 0 Å². The van der Waals surface area contributed by atoms with Crippen LogP contribution < -0.4 is 10.6 Å². The molecule has 5 heteroatoms. The number of piperidine rings is 1. The quantitative estimate of drug-likeness (QED) is 0.811. The molecule has 0 unspecified atom stereocenters. The van der Waals surface area contributed by atoms with E-state index in [2.05, 4.69) is 15.2 Å². The summed E-state index contributed by atoms with van der Waals surface area (Å²) in [6, 6.07) is 3.99. The number of carbonyl (C=O) groups is 1. The van der Waals surface area contributed by atoms with E-state index >= 15 is 0 Å². The van der Waals surface area contributed by atoms with Crippen LogP contribution in [0, 0.1) is 0 Å². The van der Waals surface area contributed by atoms with Gasteiger partial charge >= 0.3 is 0 Å². The van der Waals surface area contributed by atoms with Crippen LogP contribution in [0.3, 0.4) is 0 Å². The van der Waals surface area contributed by atoms with Crippen LogP contribution in [0.15, 0.2) is 24.5 Å². The standard InChI is InChI=1S/C13H21N3OS/c17-13(11-18-12-3-5-14-6-4-12)15-7-10-16-8-1-2-9-16/h1-2,8-9,12,14H,3-7,10-11H2,(H,15,17). The Labute approximate surface area is 113 Å². The van der Waals surface area contributed by atoms with Crippen molar-refractivity contribution in [1.82, 2.24) is 15.2 Å². The summed E-state index contributed by atoms with van der Waals surface area (Å²) in [5, 5.41) is 6.95. The van der Waals surface area contributed by atoms with Crippen LogP contribution in [0.2, 0.25) is 0 Å². The Morgan fingerprint density at radius 1 is 1.33 bits per heavy atom. The topological polar surface area (TPSA) is 46.1 Å². The van der Waals surface area contributed by atoms with Crippen molar-refractivity contribution in [3.63, 3.8) is 0 Å². The van der Waals surface area contributed by atoms with Crippen molar-refractivity contribution in [1.29, 1.82) is 0 Å². The maximum atomic E-state index is 11.7. The summed E-state index contributed by atoms with van der Waals surface area (Å²) in [7, 11) is 0. The van der Waals surface area contributed by atoms with Crippen LogP contribution in [-0.4, -0.2) is 41.1 Å². The zero-order valence-electron chi connectivity index (χ0n) is 10.6. The van der Waals surface area contributed by atoms with E-state index in [4.69, 9.17) is 0 Å². The lowest BCUT2D eigenvalue weighted by Gasteiger charge is -2.21. The molecule has 0 bridgehead atoms. The fraction of sp³-hybridized carbons (Fsp3) is 0.615. The van der Waals surface area contributed by atoms with Gasteiger partial charge < -0.3 is 15.2 Å². The van der Waals surface area contributed by atoms with E-state index in [0.29, 0.717) is 17.5 Å². The molecular weight excluding hydrogens is 246 g/mol. The predicted octanol–water partition coefficient (Wildman–Crippen LogP) is 1.09. The molecule has 0 aromatic carbocycles. The first kappa shape index (κ1) is 13.5. The molecule has 4 nitrogen and oxygen atoms in total. The summed E-state index contributed by atoms with van der Waals surface area (Å²) in [4.78, 5) is 11.7. The van der Waals surface area contributed by atoms with E-state index in [9.17, 15) is 4.79 Å². The Balaban J connectivity index is 1.54. The first-order chi connectivity index (χ1) is 8.84. The highest BCUT2D eigenvalue weighted by Crippen LogP contribution is 2.19.